The number of amides is 1. The molecule has 1 fully saturated rings. The summed E-state index contributed by atoms with van der Waals surface area (Å²) >= 11 is 13.4. The van der Waals surface area contributed by atoms with E-state index >= 15 is 0 Å². The molecular formula is C21H24Cl2N6O6S. The van der Waals surface area contributed by atoms with Crippen LogP contribution in [-0.4, -0.2) is 76.1 Å². The molecule has 15 heteroatoms. The Bertz CT molecular complexity index is 1260. The molecule has 0 bridgehead atoms. The first-order valence-corrected chi connectivity index (χ1v) is 12.3. The quantitative estimate of drug-likeness (QED) is 0.353. The maximum atomic E-state index is 12.8. The van der Waals surface area contributed by atoms with E-state index in [-0.39, 0.29) is 46.3 Å². The van der Waals surface area contributed by atoms with Crippen molar-refractivity contribution in [3.05, 3.63) is 33.8 Å². The number of anilines is 1. The third-order valence-electron chi connectivity index (χ3n) is 5.69. The molecule has 3 aromatic rings. The fraction of sp³-hybridized carbons (Fsp3) is 0.429. The van der Waals surface area contributed by atoms with Crippen molar-refractivity contribution in [2.24, 2.45) is 0 Å². The average Bonchev–Trinajstić information content (AvgIpc) is 3.54. The minimum Gasteiger partial charge on any atom is -0.449 e. The highest BCUT2D eigenvalue weighted by atomic mass is 35.5. The molecule has 1 aliphatic rings. The summed E-state index contributed by atoms with van der Waals surface area (Å²) in [5, 5.41) is 13.3. The van der Waals surface area contributed by atoms with Crippen molar-refractivity contribution in [2.45, 2.75) is 32.2 Å². The molecule has 194 valence electrons. The molecule has 0 saturated carbocycles. The number of rotatable bonds is 8. The lowest BCUT2D eigenvalue weighted by molar-refractivity contribution is 0.0540. The van der Waals surface area contributed by atoms with Crippen LogP contribution in [0.3, 0.4) is 0 Å². The largest absolute Gasteiger partial charge is 0.512 e. The normalized spacial score (nSPS) is 17.9. The number of imidazole rings is 1. The van der Waals surface area contributed by atoms with Gasteiger partial charge < -0.3 is 39.1 Å². The van der Waals surface area contributed by atoms with Crippen LogP contribution in [0.5, 0.6) is 5.06 Å². The Hall–Kier alpha value is -2.84. The van der Waals surface area contributed by atoms with Gasteiger partial charge in [-0.15, -0.1) is 0 Å². The lowest BCUT2D eigenvalue weighted by atomic mass is 10.0. The predicted octanol–water partition coefficient (Wildman–Crippen LogP) is 3.63. The molecule has 3 aromatic heterocycles. The number of nitrogens with zero attached hydrogens (tertiary/aromatic N) is 4. The third kappa shape index (κ3) is 5.30. The monoisotopic (exact) mass is 558 g/mol. The van der Waals surface area contributed by atoms with Crippen molar-refractivity contribution in [3.63, 3.8) is 0 Å². The SMILES string of the molecule is COCn1ccnc1-c1nc(N2CC[C@@H](NC(=O)c3[nH]c(C)c(Cl)c3Cl)[C@@H](OC)C2)sc1OC(=O)O. The van der Waals surface area contributed by atoms with Crippen LogP contribution < -0.4 is 15.0 Å². The number of aromatic nitrogens is 4. The molecular weight excluding hydrogens is 535 g/mol. The highest BCUT2D eigenvalue weighted by Crippen LogP contribution is 2.40. The topological polar surface area (TPSA) is 144 Å². The Balaban J connectivity index is 1.53. The van der Waals surface area contributed by atoms with Crippen LogP contribution >= 0.6 is 34.5 Å². The molecule has 36 heavy (non-hydrogen) atoms. The van der Waals surface area contributed by atoms with Gasteiger partial charge in [0.1, 0.15) is 12.4 Å². The number of nitrogens with one attached hydrogen (secondary N) is 2. The molecule has 0 aliphatic carbocycles. The van der Waals surface area contributed by atoms with Crippen LogP contribution in [0.4, 0.5) is 9.93 Å². The van der Waals surface area contributed by atoms with E-state index < -0.39 is 6.16 Å². The number of hydrogen-bond donors (Lipinski definition) is 3. The van der Waals surface area contributed by atoms with Gasteiger partial charge in [-0.2, -0.15) is 0 Å². The Morgan fingerprint density at radius 2 is 2.11 bits per heavy atom. The average molecular weight is 559 g/mol. The van der Waals surface area contributed by atoms with E-state index in [4.69, 9.17) is 37.4 Å². The number of piperidine rings is 1. The van der Waals surface area contributed by atoms with Gasteiger partial charge in [0.2, 0.25) is 5.06 Å². The van der Waals surface area contributed by atoms with E-state index in [0.717, 1.165) is 11.3 Å². The summed E-state index contributed by atoms with van der Waals surface area (Å²) < 4.78 is 17.5. The number of carbonyl (C=O) groups excluding carboxylic acids is 1. The van der Waals surface area contributed by atoms with E-state index in [1.54, 1.807) is 31.0 Å². The summed E-state index contributed by atoms with van der Waals surface area (Å²) in [5.74, 6) is 0.0342. The zero-order valence-corrected chi connectivity index (χ0v) is 21.9. The van der Waals surface area contributed by atoms with Crippen LogP contribution in [0.15, 0.2) is 12.4 Å². The van der Waals surface area contributed by atoms with Gasteiger partial charge in [0.15, 0.2) is 16.6 Å². The summed E-state index contributed by atoms with van der Waals surface area (Å²) in [5.41, 5.74) is 1.09. The number of carbonyl (C=O) groups is 2. The zero-order valence-electron chi connectivity index (χ0n) is 19.6. The Labute approximate surface area is 220 Å². The Morgan fingerprint density at radius 3 is 2.75 bits per heavy atom. The van der Waals surface area contributed by atoms with E-state index in [1.807, 2.05) is 4.90 Å². The summed E-state index contributed by atoms with van der Waals surface area (Å²) in [6.45, 7) is 2.86. The lowest BCUT2D eigenvalue weighted by Gasteiger charge is -2.37. The lowest BCUT2D eigenvalue weighted by Crippen LogP contribution is -2.55. The molecule has 0 radical (unpaired) electrons. The number of aryl methyl sites for hydroxylation is 1. The van der Waals surface area contributed by atoms with E-state index in [2.05, 4.69) is 20.3 Å². The fourth-order valence-corrected chi connectivity index (χ4v) is 5.31. The Morgan fingerprint density at radius 1 is 1.33 bits per heavy atom. The second-order valence-corrected chi connectivity index (χ2v) is 9.68. The van der Waals surface area contributed by atoms with Gasteiger partial charge in [-0.3, -0.25) is 4.79 Å². The first kappa shape index (κ1) is 26.2. The van der Waals surface area contributed by atoms with Gasteiger partial charge >= 0.3 is 6.16 Å². The highest BCUT2D eigenvalue weighted by Gasteiger charge is 2.34. The van der Waals surface area contributed by atoms with Crippen molar-refractivity contribution in [3.8, 4) is 16.6 Å². The number of aromatic amines is 1. The summed E-state index contributed by atoms with van der Waals surface area (Å²) in [6, 6.07) is -0.299. The van der Waals surface area contributed by atoms with E-state index in [0.29, 0.717) is 41.2 Å². The molecule has 1 amide bonds. The summed E-state index contributed by atoms with van der Waals surface area (Å²) in [7, 11) is 3.10. The molecule has 4 rings (SSSR count). The van der Waals surface area contributed by atoms with Crippen LogP contribution in [0, 0.1) is 6.92 Å². The number of thiazole rings is 1. The van der Waals surface area contributed by atoms with Gasteiger partial charge in [0.25, 0.3) is 5.91 Å². The number of ether oxygens (including phenoxy) is 3. The van der Waals surface area contributed by atoms with Gasteiger partial charge in [-0.25, -0.2) is 14.8 Å². The molecule has 0 spiro atoms. The summed E-state index contributed by atoms with van der Waals surface area (Å²) in [4.78, 5) is 37.9. The van der Waals surface area contributed by atoms with Gasteiger partial charge in [0.05, 0.1) is 22.2 Å². The summed E-state index contributed by atoms with van der Waals surface area (Å²) in [6.07, 6.45) is 1.98. The van der Waals surface area contributed by atoms with E-state index in [1.165, 1.54) is 7.11 Å². The maximum absolute atomic E-state index is 12.8. The minimum atomic E-state index is -1.45. The molecule has 2 atom stereocenters. The molecule has 3 N–H and O–H groups in total. The molecule has 12 nitrogen and oxygen atoms in total. The number of halogens is 2. The molecule has 1 aliphatic heterocycles. The molecule has 0 aromatic carbocycles. The number of carboxylic acid groups (broad SMARTS) is 1. The maximum Gasteiger partial charge on any atom is 0.512 e. The van der Waals surface area contributed by atoms with Crippen molar-refractivity contribution in [1.29, 1.82) is 0 Å². The standard InChI is InChI=1S/C21H24Cl2N6O6S/c1-10-13(22)14(23)15(25-10)18(30)26-11-4-6-28(8-12(11)34-3)20-27-16(19(36-20)35-21(31)32)17-24-5-7-29(17)9-33-2/h5,7,11-12,25H,4,6,8-9H2,1-3H3,(H,26,30)(H,31,32)/t11-,12+/m1/s1. The minimum absolute atomic E-state index is 0.0964. The van der Waals surface area contributed by atoms with Gasteiger partial charge in [0, 0.05) is 45.4 Å². The van der Waals surface area contributed by atoms with Crippen LogP contribution in [0.25, 0.3) is 11.5 Å². The van der Waals surface area contributed by atoms with Crippen molar-refractivity contribution in [1.82, 2.24) is 24.8 Å². The molecule has 4 heterocycles. The van der Waals surface area contributed by atoms with Crippen molar-refractivity contribution < 1.29 is 28.9 Å². The number of H-pyrrole nitrogens is 1. The van der Waals surface area contributed by atoms with Crippen molar-refractivity contribution >= 4 is 51.7 Å². The second-order valence-electron chi connectivity index (χ2n) is 7.98. The van der Waals surface area contributed by atoms with Crippen LogP contribution in [-0.2, 0) is 16.2 Å². The van der Waals surface area contributed by atoms with Gasteiger partial charge in [-0.05, 0) is 13.3 Å². The van der Waals surface area contributed by atoms with E-state index in [9.17, 15) is 14.7 Å². The second kappa shape index (κ2) is 11.0. The highest BCUT2D eigenvalue weighted by molar-refractivity contribution is 7.18. The fourth-order valence-electron chi connectivity index (χ4n) is 3.95. The van der Waals surface area contributed by atoms with Crippen LogP contribution in [0.2, 0.25) is 10.0 Å². The van der Waals surface area contributed by atoms with Crippen molar-refractivity contribution in [2.75, 3.05) is 32.2 Å². The molecule has 0 unspecified atom stereocenters. The van der Waals surface area contributed by atoms with Gasteiger partial charge in [-0.1, -0.05) is 34.5 Å². The predicted molar refractivity (Wildman–Crippen MR) is 133 cm³/mol. The Kier molecular flexibility index (Phi) is 8.05. The number of hydrogen-bond acceptors (Lipinski definition) is 9. The zero-order chi connectivity index (χ0) is 26.0. The van der Waals surface area contributed by atoms with Crippen LogP contribution in [0.1, 0.15) is 22.6 Å². The molecule has 1 saturated heterocycles. The first-order chi connectivity index (χ1) is 17.2. The smallest absolute Gasteiger partial charge is 0.449 e. The number of methoxy groups -OCH3 is 2. The third-order valence-corrected chi connectivity index (χ3v) is 7.63. The first-order valence-electron chi connectivity index (χ1n) is 10.8.